The van der Waals surface area contributed by atoms with Crippen LogP contribution in [0.5, 0.6) is 0 Å². The van der Waals surface area contributed by atoms with Gasteiger partial charge in [0.15, 0.2) is 0 Å². The Morgan fingerprint density at radius 3 is 2.79 bits per heavy atom. The van der Waals surface area contributed by atoms with Crippen molar-refractivity contribution in [1.82, 2.24) is 10.2 Å². The minimum atomic E-state index is 0.138. The Bertz CT molecular complexity index is 444. The minimum absolute atomic E-state index is 0.138. The molecule has 0 spiro atoms. The third-order valence-electron chi connectivity index (χ3n) is 3.50. The highest BCUT2D eigenvalue weighted by atomic mass is 32.1. The van der Waals surface area contributed by atoms with Crippen molar-refractivity contribution < 1.29 is 4.74 Å². The second kappa shape index (κ2) is 6.49. The number of thiophene rings is 1. The quantitative estimate of drug-likeness (QED) is 0.893. The molecule has 1 aromatic heterocycles. The fourth-order valence-electron chi connectivity index (χ4n) is 2.31. The molecule has 1 aromatic rings. The van der Waals surface area contributed by atoms with Crippen molar-refractivity contribution in [2.75, 3.05) is 32.8 Å². The van der Waals surface area contributed by atoms with E-state index in [9.17, 15) is 0 Å². The summed E-state index contributed by atoms with van der Waals surface area (Å²) in [6.07, 6.45) is 0. The number of hydrogen-bond acceptors (Lipinski definition) is 5. The first kappa shape index (κ1) is 14.5. The summed E-state index contributed by atoms with van der Waals surface area (Å²) in [6.45, 7) is 9.98. The summed E-state index contributed by atoms with van der Waals surface area (Å²) in [4.78, 5) is 4.47. The van der Waals surface area contributed by atoms with Gasteiger partial charge >= 0.3 is 0 Å². The van der Waals surface area contributed by atoms with Gasteiger partial charge in [0.05, 0.1) is 13.2 Å². The van der Waals surface area contributed by atoms with Crippen molar-refractivity contribution in [2.24, 2.45) is 0 Å². The summed E-state index contributed by atoms with van der Waals surface area (Å²) in [5, 5.41) is 12.3. The highest BCUT2D eigenvalue weighted by molar-refractivity contribution is 7.12. The molecule has 0 unspecified atom stereocenters. The molecule has 1 aliphatic heterocycles. The lowest BCUT2D eigenvalue weighted by Gasteiger charge is -2.41. The molecule has 1 fully saturated rings. The van der Waals surface area contributed by atoms with Gasteiger partial charge in [-0.1, -0.05) is 0 Å². The van der Waals surface area contributed by atoms with Gasteiger partial charge in [-0.15, -0.1) is 11.3 Å². The zero-order valence-electron chi connectivity index (χ0n) is 11.6. The number of rotatable bonds is 5. The lowest BCUT2D eigenvalue weighted by atomic mass is 10.0. The van der Waals surface area contributed by atoms with E-state index < -0.39 is 0 Å². The van der Waals surface area contributed by atoms with Crippen LogP contribution in [0, 0.1) is 11.3 Å². The Morgan fingerprint density at radius 1 is 1.42 bits per heavy atom. The van der Waals surface area contributed by atoms with Crippen LogP contribution in [0.4, 0.5) is 0 Å². The first-order valence-corrected chi connectivity index (χ1v) is 7.46. The highest BCUT2D eigenvalue weighted by Crippen LogP contribution is 2.17. The van der Waals surface area contributed by atoms with E-state index in [2.05, 4.69) is 30.1 Å². The summed E-state index contributed by atoms with van der Waals surface area (Å²) in [5.74, 6) is 0. The van der Waals surface area contributed by atoms with Gasteiger partial charge in [-0.3, -0.25) is 4.90 Å². The van der Waals surface area contributed by atoms with Gasteiger partial charge in [-0.2, -0.15) is 5.26 Å². The first-order chi connectivity index (χ1) is 9.12. The van der Waals surface area contributed by atoms with Gasteiger partial charge in [-0.05, 0) is 26.0 Å². The summed E-state index contributed by atoms with van der Waals surface area (Å²) < 4.78 is 5.39. The largest absolute Gasteiger partial charge is 0.379 e. The Labute approximate surface area is 119 Å². The molecule has 1 saturated heterocycles. The zero-order chi connectivity index (χ0) is 13.7. The fraction of sp³-hybridized carbons (Fsp3) is 0.643. The van der Waals surface area contributed by atoms with Crippen LogP contribution < -0.4 is 5.32 Å². The van der Waals surface area contributed by atoms with Crippen LogP contribution in [0.1, 0.15) is 23.6 Å². The van der Waals surface area contributed by atoms with Gasteiger partial charge in [0.2, 0.25) is 0 Å². The Balaban J connectivity index is 1.79. The molecule has 1 aliphatic rings. The summed E-state index contributed by atoms with van der Waals surface area (Å²) in [7, 11) is 0. The minimum Gasteiger partial charge on any atom is -0.379 e. The lowest BCUT2D eigenvalue weighted by molar-refractivity contribution is -0.00965. The van der Waals surface area contributed by atoms with Gasteiger partial charge < -0.3 is 10.1 Å². The van der Waals surface area contributed by atoms with Crippen molar-refractivity contribution in [3.63, 3.8) is 0 Å². The lowest BCUT2D eigenvalue weighted by Crippen LogP contribution is -2.54. The van der Waals surface area contributed by atoms with Crippen LogP contribution in [0.25, 0.3) is 0 Å². The maximum atomic E-state index is 8.80. The first-order valence-electron chi connectivity index (χ1n) is 6.64. The van der Waals surface area contributed by atoms with E-state index in [0.717, 1.165) is 44.3 Å². The number of nitriles is 1. The van der Waals surface area contributed by atoms with Gasteiger partial charge in [0.25, 0.3) is 0 Å². The van der Waals surface area contributed by atoms with E-state index in [0.29, 0.717) is 0 Å². The van der Waals surface area contributed by atoms with Crippen molar-refractivity contribution in [1.29, 1.82) is 5.26 Å². The maximum Gasteiger partial charge on any atom is 0.110 e. The van der Waals surface area contributed by atoms with E-state index in [4.69, 9.17) is 10.00 Å². The molecule has 2 heterocycles. The standard InChI is InChI=1S/C14H21N3OS/c1-14(2,17-5-7-18-8-6-17)11-16-10-13-4-3-12(9-15)19-13/h3-4,16H,5-8,10-11H2,1-2H3. The third-order valence-corrected chi connectivity index (χ3v) is 4.49. The summed E-state index contributed by atoms with van der Waals surface area (Å²) >= 11 is 1.56. The molecule has 0 atom stereocenters. The molecule has 0 radical (unpaired) electrons. The molecule has 0 bridgehead atoms. The molecule has 104 valence electrons. The Hall–Kier alpha value is -0.930. The predicted molar refractivity (Wildman–Crippen MR) is 77.2 cm³/mol. The molecule has 2 rings (SSSR count). The van der Waals surface area contributed by atoms with Crippen molar-refractivity contribution in [3.8, 4) is 6.07 Å². The maximum absolute atomic E-state index is 8.80. The number of morpholine rings is 1. The summed E-state index contributed by atoms with van der Waals surface area (Å²) in [6, 6.07) is 6.08. The van der Waals surface area contributed by atoms with Crippen LogP contribution >= 0.6 is 11.3 Å². The number of ether oxygens (including phenoxy) is 1. The number of nitrogens with zero attached hydrogens (tertiary/aromatic N) is 2. The van der Waals surface area contributed by atoms with E-state index >= 15 is 0 Å². The van der Waals surface area contributed by atoms with Crippen LogP contribution in [-0.2, 0) is 11.3 Å². The average molecular weight is 279 g/mol. The van der Waals surface area contributed by atoms with E-state index in [1.54, 1.807) is 11.3 Å². The van der Waals surface area contributed by atoms with Crippen LogP contribution in [0.3, 0.4) is 0 Å². The normalized spacial score (nSPS) is 17.3. The second-order valence-corrected chi connectivity index (χ2v) is 6.56. The fourth-order valence-corrected chi connectivity index (χ4v) is 3.08. The molecule has 5 heteroatoms. The Morgan fingerprint density at radius 2 is 2.16 bits per heavy atom. The van der Waals surface area contributed by atoms with E-state index in [1.165, 1.54) is 4.88 Å². The summed E-state index contributed by atoms with van der Waals surface area (Å²) in [5.41, 5.74) is 0.138. The monoisotopic (exact) mass is 279 g/mol. The molecule has 0 amide bonds. The second-order valence-electron chi connectivity index (χ2n) is 5.39. The Kier molecular flexibility index (Phi) is 4.94. The van der Waals surface area contributed by atoms with Gasteiger partial charge in [0.1, 0.15) is 10.9 Å². The van der Waals surface area contributed by atoms with Gasteiger partial charge in [0, 0.05) is 36.6 Å². The molecule has 19 heavy (non-hydrogen) atoms. The molecule has 1 N–H and O–H groups in total. The van der Waals surface area contributed by atoms with Crippen LogP contribution in [0.15, 0.2) is 12.1 Å². The number of hydrogen-bond donors (Lipinski definition) is 1. The topological polar surface area (TPSA) is 48.3 Å². The average Bonchev–Trinajstić information content (AvgIpc) is 2.87. The van der Waals surface area contributed by atoms with E-state index in [-0.39, 0.29) is 5.54 Å². The molecule has 4 nitrogen and oxygen atoms in total. The molecule has 0 aliphatic carbocycles. The van der Waals surface area contributed by atoms with Crippen LogP contribution in [-0.4, -0.2) is 43.3 Å². The van der Waals surface area contributed by atoms with E-state index in [1.807, 2.05) is 12.1 Å². The molecular formula is C14H21N3OS. The molecule has 0 aromatic carbocycles. The van der Waals surface area contributed by atoms with Crippen molar-refractivity contribution in [3.05, 3.63) is 21.9 Å². The molecular weight excluding hydrogens is 258 g/mol. The number of nitrogens with one attached hydrogen (secondary N) is 1. The van der Waals surface area contributed by atoms with Gasteiger partial charge in [-0.25, -0.2) is 0 Å². The van der Waals surface area contributed by atoms with Crippen molar-refractivity contribution in [2.45, 2.75) is 25.9 Å². The van der Waals surface area contributed by atoms with Crippen LogP contribution in [0.2, 0.25) is 0 Å². The highest BCUT2D eigenvalue weighted by Gasteiger charge is 2.27. The predicted octanol–water partition coefficient (Wildman–Crippen LogP) is 1.82. The zero-order valence-corrected chi connectivity index (χ0v) is 12.4. The smallest absolute Gasteiger partial charge is 0.110 e. The SMILES string of the molecule is CC(C)(CNCc1ccc(C#N)s1)N1CCOCC1. The molecule has 0 saturated carbocycles. The van der Waals surface area contributed by atoms with Crippen molar-refractivity contribution >= 4 is 11.3 Å². The third kappa shape index (κ3) is 4.02.